The van der Waals surface area contributed by atoms with Crippen LogP contribution in [0.15, 0.2) is 48.7 Å². The van der Waals surface area contributed by atoms with Crippen LogP contribution in [0.4, 0.5) is 0 Å². The normalized spacial score (nSPS) is 20.5. The van der Waals surface area contributed by atoms with E-state index in [2.05, 4.69) is 39.5 Å². The molecule has 1 spiro atoms. The first-order valence-electron chi connectivity index (χ1n) is 9.72. The molecule has 2 saturated heterocycles. The van der Waals surface area contributed by atoms with Gasteiger partial charge in [-0.05, 0) is 61.9 Å². The molecule has 2 aromatic rings. The molecule has 0 atom stereocenters. The van der Waals surface area contributed by atoms with Gasteiger partial charge in [0.05, 0.1) is 5.69 Å². The number of nitrogens with zero attached hydrogens (tertiary/aromatic N) is 2. The molecular formula is C22H27N3O. The summed E-state index contributed by atoms with van der Waals surface area (Å²) < 4.78 is 0. The van der Waals surface area contributed by atoms with Gasteiger partial charge in [-0.1, -0.05) is 30.3 Å². The number of hydrogen-bond donors (Lipinski definition) is 1. The maximum Gasteiger partial charge on any atom is 0.220 e. The first-order chi connectivity index (χ1) is 12.7. The van der Waals surface area contributed by atoms with Crippen LogP contribution in [0.5, 0.6) is 0 Å². The third-order valence-electron chi connectivity index (χ3n) is 6.10. The fourth-order valence-corrected chi connectivity index (χ4v) is 4.32. The second-order valence-electron chi connectivity index (χ2n) is 7.79. The molecule has 4 nitrogen and oxygen atoms in total. The summed E-state index contributed by atoms with van der Waals surface area (Å²) >= 11 is 0. The van der Waals surface area contributed by atoms with Gasteiger partial charge >= 0.3 is 0 Å². The summed E-state index contributed by atoms with van der Waals surface area (Å²) in [7, 11) is 0. The summed E-state index contributed by atoms with van der Waals surface area (Å²) in [4.78, 5) is 18.6. The summed E-state index contributed by atoms with van der Waals surface area (Å²) in [5.41, 5.74) is 3.94. The van der Waals surface area contributed by atoms with Gasteiger partial charge in [-0.2, -0.15) is 0 Å². The first-order valence-corrected chi connectivity index (χ1v) is 9.72. The lowest BCUT2D eigenvalue weighted by Crippen LogP contribution is -2.40. The second kappa shape index (κ2) is 7.58. The van der Waals surface area contributed by atoms with Crippen molar-refractivity contribution in [1.29, 1.82) is 0 Å². The van der Waals surface area contributed by atoms with Crippen LogP contribution in [0, 0.1) is 5.41 Å². The van der Waals surface area contributed by atoms with Gasteiger partial charge in [0, 0.05) is 31.3 Å². The van der Waals surface area contributed by atoms with Crippen molar-refractivity contribution in [2.24, 2.45) is 5.41 Å². The van der Waals surface area contributed by atoms with E-state index in [4.69, 9.17) is 0 Å². The van der Waals surface area contributed by atoms with E-state index in [9.17, 15) is 4.79 Å². The van der Waals surface area contributed by atoms with Gasteiger partial charge in [-0.25, -0.2) is 0 Å². The Morgan fingerprint density at radius 2 is 1.81 bits per heavy atom. The standard InChI is InChI=1S/C22H27N3O/c26-21-8-9-22(10-14-24-21)11-15-25(16-12-22)17-18-4-6-19(7-5-18)20-3-1-2-13-23-20/h1-7,13H,8-12,14-17H2,(H,24,26). The Morgan fingerprint density at radius 3 is 2.54 bits per heavy atom. The zero-order valence-corrected chi connectivity index (χ0v) is 15.3. The minimum Gasteiger partial charge on any atom is -0.356 e. The number of likely N-dealkylation sites (tertiary alicyclic amines) is 1. The smallest absolute Gasteiger partial charge is 0.220 e. The lowest BCUT2D eigenvalue weighted by molar-refractivity contribution is -0.121. The molecule has 2 fully saturated rings. The fraction of sp³-hybridized carbons (Fsp3) is 0.455. The minimum absolute atomic E-state index is 0.234. The number of aromatic nitrogens is 1. The number of carbonyl (C=O) groups excluding carboxylic acids is 1. The van der Waals surface area contributed by atoms with E-state index in [1.54, 1.807) is 0 Å². The maximum absolute atomic E-state index is 11.6. The van der Waals surface area contributed by atoms with Crippen LogP contribution in [0.2, 0.25) is 0 Å². The topological polar surface area (TPSA) is 45.2 Å². The molecule has 0 unspecified atom stereocenters. The highest BCUT2D eigenvalue weighted by atomic mass is 16.1. The van der Waals surface area contributed by atoms with Crippen LogP contribution in [-0.4, -0.2) is 35.4 Å². The number of pyridine rings is 1. The van der Waals surface area contributed by atoms with Gasteiger partial charge in [0.1, 0.15) is 0 Å². The van der Waals surface area contributed by atoms with E-state index in [0.29, 0.717) is 11.8 Å². The molecule has 1 aromatic heterocycles. The molecule has 2 aliphatic rings. The number of benzene rings is 1. The fourth-order valence-electron chi connectivity index (χ4n) is 4.32. The Labute approximate surface area is 155 Å². The molecule has 1 N–H and O–H groups in total. The highest BCUT2D eigenvalue weighted by Gasteiger charge is 2.35. The maximum atomic E-state index is 11.6. The Hall–Kier alpha value is -2.20. The van der Waals surface area contributed by atoms with Crippen molar-refractivity contribution in [1.82, 2.24) is 15.2 Å². The highest BCUT2D eigenvalue weighted by Crippen LogP contribution is 2.40. The molecular weight excluding hydrogens is 322 g/mol. The number of rotatable bonds is 3. The van der Waals surface area contributed by atoms with Gasteiger partial charge in [-0.15, -0.1) is 0 Å². The van der Waals surface area contributed by atoms with Gasteiger partial charge < -0.3 is 5.32 Å². The van der Waals surface area contributed by atoms with Gasteiger partial charge in [0.25, 0.3) is 0 Å². The molecule has 4 rings (SSSR count). The summed E-state index contributed by atoms with van der Waals surface area (Å²) in [5.74, 6) is 0.234. The third-order valence-corrected chi connectivity index (χ3v) is 6.10. The number of amides is 1. The Kier molecular flexibility index (Phi) is 5.02. The second-order valence-corrected chi connectivity index (χ2v) is 7.79. The number of nitrogens with one attached hydrogen (secondary N) is 1. The van der Waals surface area contributed by atoms with E-state index in [-0.39, 0.29) is 5.91 Å². The molecule has 0 aliphatic carbocycles. The van der Waals surface area contributed by atoms with Crippen molar-refractivity contribution in [3.8, 4) is 11.3 Å². The zero-order valence-electron chi connectivity index (χ0n) is 15.3. The number of piperidine rings is 1. The summed E-state index contributed by atoms with van der Waals surface area (Å²) in [6.45, 7) is 4.13. The van der Waals surface area contributed by atoms with Crippen LogP contribution in [0.25, 0.3) is 11.3 Å². The average molecular weight is 349 g/mol. The third kappa shape index (κ3) is 3.96. The quantitative estimate of drug-likeness (QED) is 0.920. The monoisotopic (exact) mass is 349 g/mol. The lowest BCUT2D eigenvalue weighted by atomic mass is 9.73. The van der Waals surface area contributed by atoms with Gasteiger partial charge in [0.2, 0.25) is 5.91 Å². The molecule has 26 heavy (non-hydrogen) atoms. The number of carbonyl (C=O) groups is 1. The molecule has 1 aromatic carbocycles. The van der Waals surface area contributed by atoms with E-state index in [0.717, 1.165) is 44.7 Å². The van der Waals surface area contributed by atoms with Crippen molar-refractivity contribution in [2.45, 2.75) is 38.6 Å². The molecule has 0 radical (unpaired) electrons. The zero-order chi connectivity index (χ0) is 17.8. The van der Waals surface area contributed by atoms with Crippen LogP contribution in [0.3, 0.4) is 0 Å². The Morgan fingerprint density at radius 1 is 1.00 bits per heavy atom. The molecule has 1 amide bonds. The molecule has 2 aliphatic heterocycles. The van der Waals surface area contributed by atoms with E-state index >= 15 is 0 Å². The van der Waals surface area contributed by atoms with Crippen molar-refractivity contribution < 1.29 is 4.79 Å². The molecule has 3 heterocycles. The van der Waals surface area contributed by atoms with Gasteiger partial charge in [-0.3, -0.25) is 14.7 Å². The summed E-state index contributed by atoms with van der Waals surface area (Å²) in [5, 5.41) is 3.03. The van der Waals surface area contributed by atoms with Crippen LogP contribution < -0.4 is 5.32 Å². The van der Waals surface area contributed by atoms with Crippen molar-refractivity contribution in [3.63, 3.8) is 0 Å². The van der Waals surface area contributed by atoms with Crippen molar-refractivity contribution in [3.05, 3.63) is 54.2 Å². The van der Waals surface area contributed by atoms with Crippen LogP contribution in [0.1, 0.15) is 37.7 Å². The SMILES string of the molecule is O=C1CCC2(CCN1)CCN(Cc1ccc(-c3ccccn3)cc1)CC2. The predicted molar refractivity (Wildman–Crippen MR) is 103 cm³/mol. The Bertz CT molecular complexity index is 734. The van der Waals surface area contributed by atoms with Crippen molar-refractivity contribution >= 4 is 5.91 Å². The molecule has 4 heteroatoms. The van der Waals surface area contributed by atoms with E-state index in [1.165, 1.54) is 24.0 Å². The Balaban J connectivity index is 1.34. The predicted octanol–water partition coefficient (Wildman–Crippen LogP) is 3.63. The molecule has 0 bridgehead atoms. The summed E-state index contributed by atoms with van der Waals surface area (Å²) in [6.07, 6.45) is 7.18. The van der Waals surface area contributed by atoms with E-state index in [1.807, 2.05) is 24.4 Å². The van der Waals surface area contributed by atoms with Gasteiger partial charge in [0.15, 0.2) is 0 Å². The van der Waals surface area contributed by atoms with Crippen LogP contribution in [-0.2, 0) is 11.3 Å². The average Bonchev–Trinajstić information content (AvgIpc) is 2.87. The first kappa shape index (κ1) is 17.2. The molecule has 0 saturated carbocycles. The summed E-state index contributed by atoms with van der Waals surface area (Å²) in [6, 6.07) is 14.8. The highest BCUT2D eigenvalue weighted by molar-refractivity contribution is 5.76. The van der Waals surface area contributed by atoms with Crippen LogP contribution >= 0.6 is 0 Å². The largest absolute Gasteiger partial charge is 0.356 e. The molecule has 136 valence electrons. The minimum atomic E-state index is 0.234. The number of hydrogen-bond acceptors (Lipinski definition) is 3. The van der Waals surface area contributed by atoms with Crippen molar-refractivity contribution in [2.75, 3.05) is 19.6 Å². The van der Waals surface area contributed by atoms with E-state index < -0.39 is 0 Å². The lowest BCUT2D eigenvalue weighted by Gasteiger charge is -2.41.